The largest absolute Gasteiger partial charge is 0.497 e. The third-order valence-electron chi connectivity index (χ3n) is 4.86. The lowest BCUT2D eigenvalue weighted by Crippen LogP contribution is -2.13. The Morgan fingerprint density at radius 2 is 1.77 bits per heavy atom. The van der Waals surface area contributed by atoms with E-state index in [2.05, 4.69) is 32.3 Å². The molecule has 0 amide bonds. The van der Waals surface area contributed by atoms with Gasteiger partial charge in [0.05, 0.1) is 19.0 Å². The van der Waals surface area contributed by atoms with Gasteiger partial charge in [-0.05, 0) is 65.7 Å². The zero-order valence-electron chi connectivity index (χ0n) is 16.8. The predicted molar refractivity (Wildman–Crippen MR) is 121 cm³/mol. The van der Waals surface area contributed by atoms with Crippen LogP contribution in [-0.2, 0) is 0 Å². The van der Waals surface area contributed by atoms with Gasteiger partial charge in [0.15, 0.2) is 11.5 Å². The number of ether oxygens (including phenoxy) is 3. The van der Waals surface area contributed by atoms with Crippen molar-refractivity contribution in [2.45, 2.75) is 0 Å². The maximum Gasteiger partial charge on any atom is 0.231 e. The van der Waals surface area contributed by atoms with Gasteiger partial charge in [-0.3, -0.25) is 4.57 Å². The first-order valence-electron chi connectivity index (χ1n) is 9.69. The van der Waals surface area contributed by atoms with Crippen LogP contribution >= 0.6 is 11.3 Å². The molecule has 0 unspecified atom stereocenters. The van der Waals surface area contributed by atoms with Gasteiger partial charge in [0.25, 0.3) is 0 Å². The molecule has 31 heavy (non-hydrogen) atoms. The highest BCUT2D eigenvalue weighted by Gasteiger charge is 2.13. The van der Waals surface area contributed by atoms with Gasteiger partial charge in [-0.1, -0.05) is 18.2 Å². The number of hydrogen-bond donors (Lipinski definition) is 0. The maximum atomic E-state index is 5.42. The normalized spacial score (nSPS) is 13.1. The standard InChI is InChI=1S/C24H19N3O3S/c1-28-20-10-8-18(9-11-20)21-15-31-24(27(21)19-5-3-2-4-6-19)26-25-14-17-7-12-22-23(13-17)30-16-29-22/h2-15H,16H2,1H3/b25-14-,26-24-. The molecule has 1 aliphatic rings. The fourth-order valence-electron chi connectivity index (χ4n) is 3.31. The Balaban J connectivity index is 1.54. The van der Waals surface area contributed by atoms with Crippen LogP contribution < -0.4 is 19.0 Å². The predicted octanol–water partition coefficient (Wildman–Crippen LogP) is 4.88. The summed E-state index contributed by atoms with van der Waals surface area (Å²) in [6.45, 7) is 0.251. The summed E-state index contributed by atoms with van der Waals surface area (Å²) in [6.07, 6.45) is 1.71. The van der Waals surface area contributed by atoms with E-state index < -0.39 is 0 Å². The van der Waals surface area contributed by atoms with Crippen LogP contribution in [0.15, 0.2) is 88.4 Å². The number of fused-ring (bicyclic) bond motifs is 1. The average Bonchev–Trinajstić information content (AvgIpc) is 3.46. The van der Waals surface area contributed by atoms with Crippen molar-refractivity contribution >= 4 is 17.6 Å². The van der Waals surface area contributed by atoms with Crippen LogP contribution in [0.25, 0.3) is 16.9 Å². The third kappa shape index (κ3) is 3.95. The molecule has 0 atom stereocenters. The van der Waals surface area contributed by atoms with E-state index in [0.29, 0.717) is 0 Å². The minimum atomic E-state index is 0.251. The Kier molecular flexibility index (Phi) is 5.24. The summed E-state index contributed by atoms with van der Waals surface area (Å²) >= 11 is 1.54. The summed E-state index contributed by atoms with van der Waals surface area (Å²) in [4.78, 5) is 0.772. The number of thiazole rings is 1. The SMILES string of the molecule is COc1ccc(-c2cs/c(=N\N=C/c3ccc4c(c3)OCO4)n2-c2ccccc2)cc1. The molecule has 2 heterocycles. The van der Waals surface area contributed by atoms with Gasteiger partial charge in [0, 0.05) is 11.1 Å². The molecular weight excluding hydrogens is 410 g/mol. The van der Waals surface area contributed by atoms with Crippen LogP contribution in [0, 0.1) is 0 Å². The van der Waals surface area contributed by atoms with E-state index in [9.17, 15) is 0 Å². The zero-order valence-corrected chi connectivity index (χ0v) is 17.6. The Hall–Kier alpha value is -3.84. The van der Waals surface area contributed by atoms with Crippen molar-refractivity contribution in [1.29, 1.82) is 0 Å². The molecule has 7 heteroatoms. The molecule has 6 nitrogen and oxygen atoms in total. The fraction of sp³-hybridized carbons (Fsp3) is 0.0833. The highest BCUT2D eigenvalue weighted by atomic mass is 32.1. The summed E-state index contributed by atoms with van der Waals surface area (Å²) in [5, 5.41) is 10.9. The first kappa shape index (κ1) is 19.1. The maximum absolute atomic E-state index is 5.42. The minimum Gasteiger partial charge on any atom is -0.497 e. The van der Waals surface area contributed by atoms with Gasteiger partial charge in [-0.2, -0.15) is 5.10 Å². The van der Waals surface area contributed by atoms with Gasteiger partial charge >= 0.3 is 0 Å². The Morgan fingerprint density at radius 3 is 2.58 bits per heavy atom. The van der Waals surface area contributed by atoms with Gasteiger partial charge in [0.2, 0.25) is 11.6 Å². The average molecular weight is 430 g/mol. The van der Waals surface area contributed by atoms with E-state index in [1.54, 1.807) is 13.3 Å². The molecule has 3 aromatic carbocycles. The van der Waals surface area contributed by atoms with E-state index in [1.165, 1.54) is 11.3 Å². The van der Waals surface area contributed by atoms with Crippen LogP contribution in [0.1, 0.15) is 5.56 Å². The van der Waals surface area contributed by atoms with Crippen molar-refractivity contribution < 1.29 is 14.2 Å². The second kappa shape index (κ2) is 8.49. The van der Waals surface area contributed by atoms with Crippen LogP contribution in [0.3, 0.4) is 0 Å². The molecule has 0 aliphatic carbocycles. The van der Waals surface area contributed by atoms with Crippen molar-refractivity contribution in [3.8, 4) is 34.2 Å². The minimum absolute atomic E-state index is 0.251. The lowest BCUT2D eigenvalue weighted by molar-refractivity contribution is 0.174. The Labute approximate surface area is 183 Å². The molecule has 0 fully saturated rings. The number of para-hydroxylation sites is 1. The van der Waals surface area contributed by atoms with Crippen molar-refractivity contribution in [1.82, 2.24) is 4.57 Å². The van der Waals surface area contributed by atoms with E-state index in [4.69, 9.17) is 14.2 Å². The summed E-state index contributed by atoms with van der Waals surface area (Å²) in [5.74, 6) is 2.29. The van der Waals surface area contributed by atoms with E-state index in [-0.39, 0.29) is 6.79 Å². The summed E-state index contributed by atoms with van der Waals surface area (Å²) in [7, 11) is 1.67. The molecule has 0 saturated heterocycles. The number of rotatable bonds is 5. The molecule has 4 aromatic rings. The first-order valence-corrected chi connectivity index (χ1v) is 10.6. The smallest absolute Gasteiger partial charge is 0.231 e. The van der Waals surface area contributed by atoms with Crippen LogP contribution in [0.4, 0.5) is 0 Å². The van der Waals surface area contributed by atoms with E-state index >= 15 is 0 Å². The monoisotopic (exact) mass is 429 g/mol. The summed E-state index contributed by atoms with van der Waals surface area (Å²) < 4.78 is 18.2. The van der Waals surface area contributed by atoms with Gasteiger partial charge in [0.1, 0.15) is 5.75 Å². The number of aromatic nitrogens is 1. The molecule has 1 aliphatic heterocycles. The highest BCUT2D eigenvalue weighted by Crippen LogP contribution is 2.32. The molecule has 0 spiro atoms. The quantitative estimate of drug-likeness (QED) is 0.336. The summed E-state index contributed by atoms with van der Waals surface area (Å²) in [6, 6.07) is 23.8. The number of benzene rings is 3. The number of methoxy groups -OCH3 is 1. The van der Waals surface area contributed by atoms with Crippen molar-refractivity contribution in [2.24, 2.45) is 10.2 Å². The van der Waals surface area contributed by atoms with E-state index in [0.717, 1.165) is 44.6 Å². The number of nitrogens with zero attached hydrogens (tertiary/aromatic N) is 3. The van der Waals surface area contributed by atoms with Crippen LogP contribution in [0.5, 0.6) is 17.2 Å². The van der Waals surface area contributed by atoms with Gasteiger partial charge in [-0.25, -0.2) is 0 Å². The summed E-state index contributed by atoms with van der Waals surface area (Å²) in [5.41, 5.74) is 4.02. The second-order valence-corrected chi connectivity index (χ2v) is 7.60. The molecule has 0 saturated carbocycles. The molecule has 5 rings (SSSR count). The fourth-order valence-corrected chi connectivity index (χ4v) is 4.17. The Bertz CT molecular complexity index is 1290. The molecule has 0 N–H and O–H groups in total. The van der Waals surface area contributed by atoms with Crippen molar-refractivity contribution in [3.63, 3.8) is 0 Å². The molecule has 0 bridgehead atoms. The zero-order chi connectivity index (χ0) is 21.0. The van der Waals surface area contributed by atoms with Gasteiger partial charge < -0.3 is 14.2 Å². The van der Waals surface area contributed by atoms with Crippen molar-refractivity contribution in [2.75, 3.05) is 13.9 Å². The lowest BCUT2D eigenvalue weighted by atomic mass is 10.1. The highest BCUT2D eigenvalue weighted by molar-refractivity contribution is 7.07. The van der Waals surface area contributed by atoms with Gasteiger partial charge in [-0.15, -0.1) is 16.4 Å². The topological polar surface area (TPSA) is 57.3 Å². The second-order valence-electron chi connectivity index (χ2n) is 6.76. The molecule has 0 radical (unpaired) electrons. The van der Waals surface area contributed by atoms with E-state index in [1.807, 2.05) is 60.7 Å². The lowest BCUT2D eigenvalue weighted by Gasteiger charge is -2.09. The third-order valence-corrected chi connectivity index (χ3v) is 5.67. The van der Waals surface area contributed by atoms with Crippen molar-refractivity contribution in [3.05, 3.63) is 88.5 Å². The first-order chi connectivity index (χ1) is 15.3. The molecule has 154 valence electrons. The Morgan fingerprint density at radius 1 is 0.968 bits per heavy atom. The molecule has 1 aromatic heterocycles. The number of hydrogen-bond acceptors (Lipinski definition) is 6. The molecular formula is C24H19N3O3S. The van der Waals surface area contributed by atoms with Crippen LogP contribution in [0.2, 0.25) is 0 Å². The van der Waals surface area contributed by atoms with Crippen LogP contribution in [-0.4, -0.2) is 24.7 Å².